The van der Waals surface area contributed by atoms with Gasteiger partial charge < -0.3 is 10.2 Å². The van der Waals surface area contributed by atoms with Gasteiger partial charge in [-0.3, -0.25) is 4.57 Å². The molecule has 45 heavy (non-hydrogen) atoms. The first-order valence-electron chi connectivity index (χ1n) is 15.3. The first kappa shape index (κ1) is 30.2. The molecule has 0 saturated heterocycles. The second-order valence-electron chi connectivity index (χ2n) is 12.4. The fourth-order valence-corrected chi connectivity index (χ4v) is 8.55. The van der Waals surface area contributed by atoms with Crippen molar-refractivity contribution < 1.29 is 9.67 Å². The van der Waals surface area contributed by atoms with Crippen LogP contribution in [0.15, 0.2) is 164 Å². The molecule has 0 unspecified atom stereocenters. The maximum atomic E-state index is 15.2. The molecule has 0 fully saturated rings. The topological polar surface area (TPSA) is 49.3 Å². The number of nitrogens with one attached hydrogen (secondary N) is 1. The van der Waals surface area contributed by atoms with Crippen LogP contribution in [0.4, 0.5) is 5.69 Å². The van der Waals surface area contributed by atoms with E-state index in [1.165, 1.54) is 0 Å². The van der Waals surface area contributed by atoms with Crippen LogP contribution in [0.2, 0.25) is 0 Å². The van der Waals surface area contributed by atoms with Crippen molar-refractivity contribution in [3.05, 3.63) is 192 Å². The highest BCUT2D eigenvalue weighted by Gasteiger charge is 2.40. The molecule has 6 rings (SSSR count). The third kappa shape index (κ3) is 5.61. The summed E-state index contributed by atoms with van der Waals surface area (Å²) >= 11 is 0. The molecule has 0 saturated carbocycles. The number of benzene rings is 6. The number of rotatable bonds is 8. The molecule has 6 aromatic carbocycles. The van der Waals surface area contributed by atoms with Crippen molar-refractivity contribution in [2.75, 3.05) is 5.09 Å². The maximum Gasteiger partial charge on any atom is 0.227 e. The molecule has 0 heterocycles. The molecule has 4 heteroatoms. The summed E-state index contributed by atoms with van der Waals surface area (Å²) in [5, 5.41) is 16.8. The summed E-state index contributed by atoms with van der Waals surface area (Å²) in [5.41, 5.74) is 4.27. The molecule has 0 aliphatic carbocycles. The normalized spacial score (nSPS) is 12.1. The Kier molecular flexibility index (Phi) is 8.23. The van der Waals surface area contributed by atoms with Crippen molar-refractivity contribution in [2.45, 2.75) is 31.6 Å². The second kappa shape index (κ2) is 12.3. The van der Waals surface area contributed by atoms with E-state index < -0.39 is 18.1 Å². The molecule has 0 aliphatic rings. The van der Waals surface area contributed by atoms with Gasteiger partial charge in [-0.2, -0.15) is 0 Å². The van der Waals surface area contributed by atoms with Crippen molar-refractivity contribution in [1.29, 1.82) is 0 Å². The molecule has 0 aromatic heterocycles. The highest BCUT2D eigenvalue weighted by molar-refractivity contribution is 7.80. The van der Waals surface area contributed by atoms with Crippen LogP contribution in [0, 0.1) is 0 Å². The Morgan fingerprint density at radius 3 is 1.22 bits per heavy atom. The zero-order valence-electron chi connectivity index (χ0n) is 25.9. The second-order valence-corrected chi connectivity index (χ2v) is 14.9. The molecule has 0 amide bonds. The monoisotopic (exact) mass is 607 g/mol. The minimum Gasteiger partial charge on any atom is -0.505 e. The SMILES string of the molecule is CC(C)(C)c1cc(C(c2ccccc2)(c2ccccc2)c2ccccc2)cc(NP(=O)(c2ccccc2)c2ccccc2)c1O. The van der Waals surface area contributed by atoms with Crippen LogP contribution >= 0.6 is 7.29 Å². The van der Waals surface area contributed by atoms with Crippen LogP contribution in [0.5, 0.6) is 5.75 Å². The van der Waals surface area contributed by atoms with E-state index in [0.717, 1.165) is 27.8 Å². The van der Waals surface area contributed by atoms with E-state index in [4.69, 9.17) is 0 Å². The van der Waals surface area contributed by atoms with E-state index in [9.17, 15) is 5.11 Å². The summed E-state index contributed by atoms with van der Waals surface area (Å²) in [6, 6.07) is 54.6. The lowest BCUT2D eigenvalue weighted by Gasteiger charge is -2.38. The Bertz CT molecular complexity index is 1780. The van der Waals surface area contributed by atoms with Crippen LogP contribution in [0.25, 0.3) is 0 Å². The zero-order chi connectivity index (χ0) is 31.5. The van der Waals surface area contributed by atoms with E-state index in [-0.39, 0.29) is 5.75 Å². The first-order valence-corrected chi connectivity index (χ1v) is 17.0. The summed E-state index contributed by atoms with van der Waals surface area (Å²) in [7, 11) is -3.44. The van der Waals surface area contributed by atoms with E-state index in [0.29, 0.717) is 16.3 Å². The van der Waals surface area contributed by atoms with Gasteiger partial charge in [-0.15, -0.1) is 0 Å². The van der Waals surface area contributed by atoms with Crippen molar-refractivity contribution in [3.8, 4) is 5.75 Å². The average molecular weight is 608 g/mol. The average Bonchev–Trinajstić information content (AvgIpc) is 3.08. The Balaban J connectivity index is 1.70. The largest absolute Gasteiger partial charge is 0.505 e. The van der Waals surface area contributed by atoms with E-state index in [1.807, 2.05) is 84.9 Å². The molecule has 224 valence electrons. The van der Waals surface area contributed by atoms with E-state index in [1.54, 1.807) is 0 Å². The summed E-state index contributed by atoms with van der Waals surface area (Å²) in [6.07, 6.45) is 0. The summed E-state index contributed by atoms with van der Waals surface area (Å²) in [4.78, 5) is 0. The van der Waals surface area contributed by atoms with Gasteiger partial charge in [0.05, 0.1) is 11.1 Å². The molecule has 0 atom stereocenters. The molecular weight excluding hydrogens is 569 g/mol. The van der Waals surface area contributed by atoms with Gasteiger partial charge in [-0.1, -0.05) is 148 Å². The van der Waals surface area contributed by atoms with E-state index >= 15 is 4.57 Å². The Labute approximate surface area is 266 Å². The molecule has 0 bridgehead atoms. The molecule has 6 aromatic rings. The van der Waals surface area contributed by atoms with Gasteiger partial charge in [0.25, 0.3) is 0 Å². The predicted molar refractivity (Wildman–Crippen MR) is 188 cm³/mol. The van der Waals surface area contributed by atoms with Gasteiger partial charge in [0.2, 0.25) is 7.29 Å². The first-order chi connectivity index (χ1) is 21.7. The lowest BCUT2D eigenvalue weighted by Crippen LogP contribution is -2.32. The number of aromatic hydroxyl groups is 1. The maximum absolute atomic E-state index is 15.2. The number of phenols is 1. The Morgan fingerprint density at radius 1 is 0.511 bits per heavy atom. The highest BCUT2D eigenvalue weighted by Crippen LogP contribution is 2.52. The van der Waals surface area contributed by atoms with Crippen molar-refractivity contribution in [1.82, 2.24) is 0 Å². The van der Waals surface area contributed by atoms with Gasteiger partial charge in [-0.05, 0) is 64.1 Å². The molecule has 2 N–H and O–H groups in total. The van der Waals surface area contributed by atoms with Crippen molar-refractivity contribution in [3.63, 3.8) is 0 Å². The lowest BCUT2D eigenvalue weighted by molar-refractivity contribution is 0.448. The molecule has 0 aliphatic heterocycles. The minimum atomic E-state index is -3.44. The van der Waals surface area contributed by atoms with Crippen molar-refractivity contribution in [2.24, 2.45) is 0 Å². The van der Waals surface area contributed by atoms with Crippen LogP contribution in [0.3, 0.4) is 0 Å². The molecule has 0 radical (unpaired) electrons. The van der Waals surface area contributed by atoms with E-state index in [2.05, 4.69) is 105 Å². The fraction of sp³-hybridized carbons (Fsp3) is 0.122. The van der Waals surface area contributed by atoms with Crippen LogP contribution in [-0.4, -0.2) is 5.11 Å². The van der Waals surface area contributed by atoms with Gasteiger partial charge >= 0.3 is 0 Å². The van der Waals surface area contributed by atoms with Crippen LogP contribution in [0.1, 0.15) is 48.6 Å². The molecule has 3 nitrogen and oxygen atoms in total. The molecule has 0 spiro atoms. The predicted octanol–water partition coefficient (Wildman–Crippen LogP) is 9.41. The lowest BCUT2D eigenvalue weighted by atomic mass is 9.64. The summed E-state index contributed by atoms with van der Waals surface area (Å²) < 4.78 is 15.2. The quantitative estimate of drug-likeness (QED) is 0.103. The van der Waals surface area contributed by atoms with Gasteiger partial charge in [0, 0.05) is 16.2 Å². The van der Waals surface area contributed by atoms with Crippen LogP contribution in [-0.2, 0) is 15.4 Å². The number of anilines is 1. The highest BCUT2D eigenvalue weighted by atomic mass is 31.2. The van der Waals surface area contributed by atoms with Gasteiger partial charge in [-0.25, -0.2) is 0 Å². The summed E-state index contributed by atoms with van der Waals surface area (Å²) in [6.45, 7) is 6.29. The van der Waals surface area contributed by atoms with Crippen LogP contribution < -0.4 is 15.7 Å². The Morgan fingerprint density at radius 2 is 0.867 bits per heavy atom. The van der Waals surface area contributed by atoms with Crippen molar-refractivity contribution >= 4 is 23.6 Å². The Hall–Kier alpha value is -4.85. The zero-order valence-corrected chi connectivity index (χ0v) is 26.8. The van der Waals surface area contributed by atoms with Gasteiger partial charge in [0.1, 0.15) is 5.75 Å². The fourth-order valence-electron chi connectivity index (χ4n) is 6.30. The number of hydrogen-bond donors (Lipinski definition) is 2. The number of phenolic OH excluding ortho intramolecular Hbond substituents is 1. The molecular formula is C41H38NO2P. The third-order valence-electron chi connectivity index (χ3n) is 8.49. The smallest absolute Gasteiger partial charge is 0.227 e. The minimum absolute atomic E-state index is 0.0985. The summed E-state index contributed by atoms with van der Waals surface area (Å²) in [5.74, 6) is 0.0985. The standard InChI is InChI=1S/C41H38NO2P/c1-40(2,3)37-29-34(30-38(39(37)43)42-45(44,35-25-15-7-16-26-35)36-27-17-8-18-28-36)41(31-19-9-4-10-20-31,32-21-11-5-12-22-32)33-23-13-6-14-24-33/h4-30,43H,1-3H3,(H,42,44). The number of hydrogen-bond acceptors (Lipinski definition) is 2. The van der Waals surface area contributed by atoms with Gasteiger partial charge in [0.15, 0.2) is 0 Å². The third-order valence-corrected chi connectivity index (χ3v) is 11.1.